The van der Waals surface area contributed by atoms with Gasteiger partial charge < -0.3 is 13.7 Å². The third kappa shape index (κ3) is 2.85. The Morgan fingerprint density at radius 2 is 2.04 bits per heavy atom. The number of hydrogen-bond donors (Lipinski definition) is 0. The van der Waals surface area contributed by atoms with Gasteiger partial charge in [-0.05, 0) is 38.1 Å². The van der Waals surface area contributed by atoms with Crippen molar-refractivity contribution in [1.29, 1.82) is 0 Å². The van der Waals surface area contributed by atoms with E-state index in [1.807, 2.05) is 13.0 Å². The van der Waals surface area contributed by atoms with Gasteiger partial charge in [-0.2, -0.15) is 0 Å². The molecular formula is C21H17FN2O4. The van der Waals surface area contributed by atoms with Crippen LogP contribution >= 0.6 is 0 Å². The van der Waals surface area contributed by atoms with Crippen molar-refractivity contribution in [2.45, 2.75) is 20.4 Å². The van der Waals surface area contributed by atoms with E-state index in [2.05, 4.69) is 4.98 Å². The molecule has 0 aliphatic heterocycles. The van der Waals surface area contributed by atoms with Crippen molar-refractivity contribution in [1.82, 2.24) is 9.55 Å². The average molecular weight is 380 g/mol. The molecule has 4 aromatic rings. The van der Waals surface area contributed by atoms with Gasteiger partial charge in [0.15, 0.2) is 5.58 Å². The number of oxazole rings is 1. The highest BCUT2D eigenvalue weighted by Crippen LogP contribution is 2.29. The van der Waals surface area contributed by atoms with Gasteiger partial charge in [0, 0.05) is 18.1 Å². The van der Waals surface area contributed by atoms with Crippen molar-refractivity contribution in [3.63, 3.8) is 0 Å². The number of benzene rings is 2. The monoisotopic (exact) mass is 380 g/mol. The molecule has 0 radical (unpaired) electrons. The normalized spacial score (nSPS) is 11.2. The molecule has 142 valence electrons. The molecular weight excluding hydrogens is 363 g/mol. The van der Waals surface area contributed by atoms with E-state index in [4.69, 9.17) is 9.15 Å². The maximum atomic E-state index is 14.9. The number of esters is 1. The molecule has 2 heterocycles. The first kappa shape index (κ1) is 17.9. The molecule has 0 N–H and O–H groups in total. The summed E-state index contributed by atoms with van der Waals surface area (Å²) in [4.78, 5) is 29.2. The highest BCUT2D eigenvalue weighted by Gasteiger charge is 2.20. The minimum absolute atomic E-state index is 0.102. The first-order valence-electron chi connectivity index (χ1n) is 8.93. The van der Waals surface area contributed by atoms with E-state index in [-0.39, 0.29) is 29.0 Å². The van der Waals surface area contributed by atoms with Crippen LogP contribution in [0, 0.1) is 5.82 Å². The minimum atomic E-state index is -0.722. The van der Waals surface area contributed by atoms with Gasteiger partial charge in [0.05, 0.1) is 17.7 Å². The van der Waals surface area contributed by atoms with Crippen molar-refractivity contribution < 1.29 is 18.3 Å². The first-order chi connectivity index (χ1) is 13.5. The Labute approximate surface area is 159 Å². The summed E-state index contributed by atoms with van der Waals surface area (Å²) >= 11 is 0. The van der Waals surface area contributed by atoms with Gasteiger partial charge in [-0.1, -0.05) is 12.1 Å². The zero-order chi connectivity index (χ0) is 19.8. The fourth-order valence-electron chi connectivity index (χ4n) is 3.18. The SMILES string of the molecule is CCOC(=O)c1cn(CC)c2cc(-c3nc4ccccc4o3)c(F)cc2c1=O. The summed E-state index contributed by atoms with van der Waals surface area (Å²) in [5.74, 6) is -1.25. The van der Waals surface area contributed by atoms with E-state index >= 15 is 0 Å². The summed E-state index contributed by atoms with van der Waals surface area (Å²) in [5, 5.41) is 0.102. The second-order valence-electron chi connectivity index (χ2n) is 6.21. The molecule has 6 nitrogen and oxygen atoms in total. The van der Waals surface area contributed by atoms with Crippen LogP contribution in [-0.2, 0) is 11.3 Å². The van der Waals surface area contributed by atoms with Gasteiger partial charge in [-0.3, -0.25) is 4.79 Å². The van der Waals surface area contributed by atoms with Crippen molar-refractivity contribution in [3.05, 3.63) is 64.2 Å². The Morgan fingerprint density at radius 3 is 2.75 bits per heavy atom. The molecule has 0 fully saturated rings. The minimum Gasteiger partial charge on any atom is -0.462 e. The number of carbonyl (C=O) groups is 1. The molecule has 0 saturated heterocycles. The number of para-hydroxylation sites is 2. The standard InChI is InChI=1S/C21H17FN2O4/c1-3-24-11-14(21(26)27-4-2)19(25)13-9-15(22)12(10-17(13)24)20-23-16-7-5-6-8-18(16)28-20/h5-11H,3-4H2,1-2H3. The van der Waals surface area contributed by atoms with Gasteiger partial charge in [-0.25, -0.2) is 14.2 Å². The largest absolute Gasteiger partial charge is 0.462 e. The smallest absolute Gasteiger partial charge is 0.343 e. The molecule has 4 rings (SSSR count). The number of halogens is 1. The Kier molecular flexibility index (Phi) is 4.43. The van der Waals surface area contributed by atoms with Gasteiger partial charge in [0.1, 0.15) is 16.9 Å². The fraction of sp³-hybridized carbons (Fsp3) is 0.190. The van der Waals surface area contributed by atoms with E-state index < -0.39 is 17.2 Å². The summed E-state index contributed by atoms with van der Waals surface area (Å²) < 4.78 is 27.2. The second kappa shape index (κ2) is 6.92. The Bertz CT molecular complexity index is 1240. The van der Waals surface area contributed by atoms with Crippen LogP contribution in [0.25, 0.3) is 33.5 Å². The lowest BCUT2D eigenvalue weighted by molar-refractivity contribution is 0.0524. The van der Waals surface area contributed by atoms with Gasteiger partial charge in [0.25, 0.3) is 0 Å². The molecule has 0 bridgehead atoms. The summed E-state index contributed by atoms with van der Waals surface area (Å²) in [6.45, 7) is 4.14. The molecule has 0 spiro atoms. The summed E-state index contributed by atoms with van der Waals surface area (Å²) in [7, 11) is 0. The third-order valence-electron chi connectivity index (χ3n) is 4.53. The lowest BCUT2D eigenvalue weighted by atomic mass is 10.1. The van der Waals surface area contributed by atoms with Gasteiger partial charge in [0.2, 0.25) is 11.3 Å². The van der Waals surface area contributed by atoms with E-state index in [0.717, 1.165) is 6.07 Å². The van der Waals surface area contributed by atoms with Crippen LogP contribution < -0.4 is 5.43 Å². The van der Waals surface area contributed by atoms with Crippen molar-refractivity contribution in [2.75, 3.05) is 6.61 Å². The molecule has 7 heteroatoms. The fourth-order valence-corrected chi connectivity index (χ4v) is 3.18. The zero-order valence-electron chi connectivity index (χ0n) is 15.4. The highest BCUT2D eigenvalue weighted by atomic mass is 19.1. The quantitative estimate of drug-likeness (QED) is 0.497. The Balaban J connectivity index is 1.96. The Hall–Kier alpha value is -3.48. The molecule has 0 aliphatic rings. The maximum Gasteiger partial charge on any atom is 0.343 e. The molecule has 28 heavy (non-hydrogen) atoms. The maximum absolute atomic E-state index is 14.9. The van der Waals surface area contributed by atoms with Gasteiger partial charge >= 0.3 is 5.97 Å². The zero-order valence-corrected chi connectivity index (χ0v) is 15.4. The molecule has 0 saturated carbocycles. The second-order valence-corrected chi connectivity index (χ2v) is 6.21. The van der Waals surface area contributed by atoms with Crippen LogP contribution in [0.3, 0.4) is 0 Å². The summed E-state index contributed by atoms with van der Waals surface area (Å²) in [6.07, 6.45) is 1.44. The number of hydrogen-bond acceptors (Lipinski definition) is 5. The topological polar surface area (TPSA) is 74.3 Å². The number of fused-ring (bicyclic) bond motifs is 2. The molecule has 2 aromatic heterocycles. The third-order valence-corrected chi connectivity index (χ3v) is 4.53. The predicted octanol–water partition coefficient (Wildman–Crippen LogP) is 4.15. The first-order valence-corrected chi connectivity index (χ1v) is 8.93. The van der Waals surface area contributed by atoms with E-state index in [0.29, 0.717) is 23.2 Å². The summed E-state index contributed by atoms with van der Waals surface area (Å²) in [5.41, 5.74) is 1.10. The van der Waals surface area contributed by atoms with E-state index in [1.165, 1.54) is 12.3 Å². The van der Waals surface area contributed by atoms with Crippen LogP contribution in [0.1, 0.15) is 24.2 Å². The number of ether oxygens (including phenoxy) is 1. The van der Waals surface area contributed by atoms with Crippen LogP contribution in [0.2, 0.25) is 0 Å². The average Bonchev–Trinajstić information content (AvgIpc) is 3.12. The number of carbonyl (C=O) groups excluding carboxylic acids is 1. The Morgan fingerprint density at radius 1 is 1.25 bits per heavy atom. The van der Waals surface area contributed by atoms with Crippen LogP contribution in [0.5, 0.6) is 0 Å². The van der Waals surface area contributed by atoms with Crippen molar-refractivity contribution in [3.8, 4) is 11.5 Å². The molecule has 0 atom stereocenters. The summed E-state index contributed by atoms with van der Waals surface area (Å²) in [6, 6.07) is 9.79. The molecule has 2 aromatic carbocycles. The van der Waals surface area contributed by atoms with Crippen LogP contribution in [-0.4, -0.2) is 22.1 Å². The number of aryl methyl sites for hydroxylation is 1. The van der Waals surface area contributed by atoms with Gasteiger partial charge in [-0.15, -0.1) is 0 Å². The molecule has 0 aliphatic carbocycles. The number of rotatable bonds is 4. The molecule has 0 amide bonds. The van der Waals surface area contributed by atoms with Crippen LogP contribution in [0.15, 0.2) is 51.8 Å². The van der Waals surface area contributed by atoms with Crippen molar-refractivity contribution in [2.24, 2.45) is 0 Å². The number of aromatic nitrogens is 2. The predicted molar refractivity (Wildman–Crippen MR) is 103 cm³/mol. The molecule has 0 unspecified atom stereocenters. The van der Waals surface area contributed by atoms with Crippen molar-refractivity contribution >= 4 is 28.0 Å². The number of pyridine rings is 1. The van der Waals surface area contributed by atoms with Crippen LogP contribution in [0.4, 0.5) is 4.39 Å². The number of nitrogens with zero attached hydrogens (tertiary/aromatic N) is 2. The highest BCUT2D eigenvalue weighted by molar-refractivity contribution is 5.94. The van der Waals surface area contributed by atoms with E-state index in [1.54, 1.807) is 29.7 Å². The lowest BCUT2D eigenvalue weighted by Gasteiger charge is -2.12. The van der Waals surface area contributed by atoms with E-state index in [9.17, 15) is 14.0 Å². The lowest BCUT2D eigenvalue weighted by Crippen LogP contribution is -2.21.